The number of aromatic nitrogens is 5. The van der Waals surface area contributed by atoms with Gasteiger partial charge in [-0.25, -0.2) is 15.0 Å². The van der Waals surface area contributed by atoms with E-state index in [1.807, 2.05) is 0 Å². The number of pyridine rings is 1. The van der Waals surface area contributed by atoms with Crippen molar-refractivity contribution in [2.45, 2.75) is 0 Å². The molecule has 0 saturated carbocycles. The highest BCUT2D eigenvalue weighted by molar-refractivity contribution is 5.89. The largest absolute Gasteiger partial charge is 0.261 e. The Bertz CT molecular complexity index is 648. The Morgan fingerprint density at radius 1 is 1.19 bits per heavy atom. The summed E-state index contributed by atoms with van der Waals surface area (Å²) in [5.74, 6) is -0.552. The molecule has 0 spiro atoms. The maximum atomic E-state index is 13.5. The van der Waals surface area contributed by atoms with Gasteiger partial charge < -0.3 is 0 Å². The summed E-state index contributed by atoms with van der Waals surface area (Å²) in [5.41, 5.74) is 1.41. The van der Waals surface area contributed by atoms with E-state index in [4.69, 9.17) is 0 Å². The summed E-state index contributed by atoms with van der Waals surface area (Å²) in [6, 6.07) is 3.28. The van der Waals surface area contributed by atoms with Crippen LogP contribution in [0.25, 0.3) is 22.3 Å². The van der Waals surface area contributed by atoms with Gasteiger partial charge in [-0.05, 0) is 12.1 Å². The van der Waals surface area contributed by atoms with Gasteiger partial charge in [-0.3, -0.25) is 5.10 Å². The molecule has 0 radical (unpaired) electrons. The first kappa shape index (κ1) is 8.90. The molecule has 0 fully saturated rings. The van der Waals surface area contributed by atoms with Crippen molar-refractivity contribution >= 4 is 11.0 Å². The van der Waals surface area contributed by atoms with Crippen molar-refractivity contribution in [2.24, 2.45) is 0 Å². The van der Waals surface area contributed by atoms with E-state index in [0.29, 0.717) is 22.3 Å². The fourth-order valence-corrected chi connectivity index (χ4v) is 1.54. The van der Waals surface area contributed by atoms with E-state index in [1.54, 1.807) is 18.3 Å². The van der Waals surface area contributed by atoms with Crippen LogP contribution in [0, 0.1) is 5.95 Å². The fourth-order valence-electron chi connectivity index (χ4n) is 1.54. The van der Waals surface area contributed by atoms with Gasteiger partial charge in [0.15, 0.2) is 5.65 Å². The quantitative estimate of drug-likeness (QED) is 0.625. The highest BCUT2D eigenvalue weighted by Crippen LogP contribution is 2.24. The number of nitrogens with one attached hydrogen (secondary N) is 1. The summed E-state index contributed by atoms with van der Waals surface area (Å²) in [4.78, 5) is 11.6. The molecule has 0 aliphatic carbocycles. The first-order chi connectivity index (χ1) is 7.86. The monoisotopic (exact) mass is 215 g/mol. The summed E-state index contributed by atoms with van der Waals surface area (Å²) in [7, 11) is 0. The van der Waals surface area contributed by atoms with Crippen LogP contribution in [-0.2, 0) is 0 Å². The zero-order chi connectivity index (χ0) is 11.0. The zero-order valence-electron chi connectivity index (χ0n) is 8.05. The predicted molar refractivity (Wildman–Crippen MR) is 54.9 cm³/mol. The number of hydrogen-bond donors (Lipinski definition) is 1. The van der Waals surface area contributed by atoms with Gasteiger partial charge in [-0.1, -0.05) is 0 Å². The summed E-state index contributed by atoms with van der Waals surface area (Å²) in [5, 5.41) is 7.23. The van der Waals surface area contributed by atoms with Crippen LogP contribution in [0.5, 0.6) is 0 Å². The molecule has 3 heterocycles. The minimum absolute atomic E-state index is 0.344. The smallest absolute Gasteiger partial charge is 0.222 e. The average Bonchev–Trinajstić information content (AvgIpc) is 2.77. The number of fused-ring (bicyclic) bond motifs is 1. The minimum atomic E-state index is -0.552. The molecule has 0 aliphatic heterocycles. The number of hydrogen-bond acceptors (Lipinski definition) is 4. The minimum Gasteiger partial charge on any atom is -0.261 e. The normalized spacial score (nSPS) is 10.8. The third-order valence-electron chi connectivity index (χ3n) is 2.26. The number of nitrogens with zero attached hydrogens (tertiary/aromatic N) is 4. The molecular weight excluding hydrogens is 209 g/mol. The van der Waals surface area contributed by atoms with Crippen LogP contribution in [0.15, 0.2) is 30.9 Å². The van der Waals surface area contributed by atoms with Crippen LogP contribution >= 0.6 is 0 Å². The van der Waals surface area contributed by atoms with E-state index < -0.39 is 5.95 Å². The first-order valence-corrected chi connectivity index (χ1v) is 4.61. The SMILES string of the molecule is Fc1ncccc1-c1ncnc2[nH]ncc12. The van der Waals surface area contributed by atoms with Crippen molar-refractivity contribution in [3.8, 4) is 11.3 Å². The van der Waals surface area contributed by atoms with E-state index in [1.165, 1.54) is 12.5 Å². The van der Waals surface area contributed by atoms with Gasteiger partial charge in [0.1, 0.15) is 6.33 Å². The number of aromatic amines is 1. The first-order valence-electron chi connectivity index (χ1n) is 4.61. The van der Waals surface area contributed by atoms with Gasteiger partial charge in [-0.2, -0.15) is 9.49 Å². The van der Waals surface area contributed by atoms with Crippen LogP contribution in [-0.4, -0.2) is 25.1 Å². The van der Waals surface area contributed by atoms with Crippen molar-refractivity contribution in [2.75, 3.05) is 0 Å². The van der Waals surface area contributed by atoms with Gasteiger partial charge >= 0.3 is 0 Å². The van der Waals surface area contributed by atoms with Crippen LogP contribution in [0.4, 0.5) is 4.39 Å². The molecule has 3 aromatic rings. The van der Waals surface area contributed by atoms with Crippen molar-refractivity contribution in [1.82, 2.24) is 25.1 Å². The predicted octanol–water partition coefficient (Wildman–Crippen LogP) is 1.55. The van der Waals surface area contributed by atoms with Crippen LogP contribution in [0.2, 0.25) is 0 Å². The second-order valence-electron chi connectivity index (χ2n) is 3.20. The van der Waals surface area contributed by atoms with Gasteiger partial charge in [0, 0.05) is 6.20 Å². The lowest BCUT2D eigenvalue weighted by Crippen LogP contribution is -1.92. The van der Waals surface area contributed by atoms with E-state index in [-0.39, 0.29) is 0 Å². The van der Waals surface area contributed by atoms with Crippen LogP contribution in [0.3, 0.4) is 0 Å². The van der Waals surface area contributed by atoms with E-state index in [9.17, 15) is 4.39 Å². The van der Waals surface area contributed by atoms with Gasteiger partial charge in [0.2, 0.25) is 5.95 Å². The molecule has 1 N–H and O–H groups in total. The molecule has 0 bridgehead atoms. The zero-order valence-corrected chi connectivity index (χ0v) is 8.05. The fraction of sp³-hybridized carbons (Fsp3) is 0. The molecule has 5 nitrogen and oxygen atoms in total. The van der Waals surface area contributed by atoms with Gasteiger partial charge in [-0.15, -0.1) is 0 Å². The molecular formula is C10H6FN5. The molecule has 0 aliphatic rings. The molecule has 6 heteroatoms. The Morgan fingerprint density at radius 2 is 2.12 bits per heavy atom. The van der Waals surface area contributed by atoms with E-state index in [0.717, 1.165) is 0 Å². The maximum Gasteiger partial charge on any atom is 0.222 e. The molecule has 0 aromatic carbocycles. The highest BCUT2D eigenvalue weighted by Gasteiger charge is 2.11. The molecule has 0 unspecified atom stereocenters. The Labute approximate surface area is 89.4 Å². The van der Waals surface area contributed by atoms with Crippen molar-refractivity contribution in [3.63, 3.8) is 0 Å². The Kier molecular flexibility index (Phi) is 1.86. The summed E-state index contributed by atoms with van der Waals surface area (Å²) in [6.07, 6.45) is 4.33. The molecule has 0 atom stereocenters. The van der Waals surface area contributed by atoms with Gasteiger partial charge in [0.25, 0.3) is 0 Å². The topological polar surface area (TPSA) is 67.3 Å². The molecule has 78 valence electrons. The summed E-state index contributed by atoms with van der Waals surface area (Å²) >= 11 is 0. The second-order valence-corrected chi connectivity index (χ2v) is 3.20. The standard InChI is InChI=1S/C10H6FN5/c11-9-6(2-1-3-12-9)8-7-4-15-16-10(7)14-5-13-8/h1-5H,(H,13,14,15,16). The van der Waals surface area contributed by atoms with Crippen LogP contribution in [0.1, 0.15) is 0 Å². The number of H-pyrrole nitrogens is 1. The molecule has 0 amide bonds. The Hall–Kier alpha value is -2.37. The molecule has 3 aromatic heterocycles. The lowest BCUT2D eigenvalue weighted by atomic mass is 10.1. The van der Waals surface area contributed by atoms with Crippen molar-refractivity contribution in [3.05, 3.63) is 36.8 Å². The molecule has 16 heavy (non-hydrogen) atoms. The highest BCUT2D eigenvalue weighted by atomic mass is 19.1. The van der Waals surface area contributed by atoms with Crippen LogP contribution < -0.4 is 0 Å². The number of halogens is 1. The third kappa shape index (κ3) is 1.23. The van der Waals surface area contributed by atoms with E-state index in [2.05, 4.69) is 25.1 Å². The Morgan fingerprint density at radius 3 is 3.00 bits per heavy atom. The number of rotatable bonds is 1. The maximum absolute atomic E-state index is 13.5. The summed E-state index contributed by atoms with van der Waals surface area (Å²) < 4.78 is 13.5. The molecule has 3 rings (SSSR count). The van der Waals surface area contributed by atoms with Crippen molar-refractivity contribution < 1.29 is 4.39 Å². The third-order valence-corrected chi connectivity index (χ3v) is 2.26. The molecule has 0 saturated heterocycles. The van der Waals surface area contributed by atoms with E-state index >= 15 is 0 Å². The average molecular weight is 215 g/mol. The lowest BCUT2D eigenvalue weighted by molar-refractivity contribution is 0.587. The second kappa shape index (κ2) is 3.34. The lowest BCUT2D eigenvalue weighted by Gasteiger charge is -2.01. The summed E-state index contributed by atoms with van der Waals surface area (Å²) in [6.45, 7) is 0. The van der Waals surface area contributed by atoms with Crippen molar-refractivity contribution in [1.29, 1.82) is 0 Å². The Balaban J connectivity index is 2.34. The van der Waals surface area contributed by atoms with Gasteiger partial charge in [0.05, 0.1) is 22.8 Å².